The largest absolute Gasteiger partial charge is 0.508 e. The maximum atomic E-state index is 14.0. The number of pyridine rings is 2. The fourth-order valence-corrected chi connectivity index (χ4v) is 5.63. The first-order valence-electron chi connectivity index (χ1n) is 13.2. The van der Waals surface area contributed by atoms with Gasteiger partial charge in [-0.05, 0) is 60.4 Å². The number of hydrogen-bond donors (Lipinski definition) is 4. The Kier molecular flexibility index (Phi) is 5.77. The summed E-state index contributed by atoms with van der Waals surface area (Å²) in [5.41, 5.74) is 6.64. The van der Waals surface area contributed by atoms with Crippen molar-refractivity contribution >= 4 is 33.5 Å². The molecule has 4 aromatic heterocycles. The molecular weight excluding hydrogens is 507 g/mol. The van der Waals surface area contributed by atoms with Crippen LogP contribution < -0.4 is 5.32 Å². The van der Waals surface area contributed by atoms with Crippen LogP contribution in [0.1, 0.15) is 25.7 Å². The van der Waals surface area contributed by atoms with E-state index < -0.39 is 5.82 Å². The monoisotopic (exact) mass is 532 g/mol. The molecule has 6 aromatic rings. The zero-order valence-electron chi connectivity index (χ0n) is 21.4. The number of phenols is 1. The van der Waals surface area contributed by atoms with Crippen LogP contribution in [-0.4, -0.2) is 36.2 Å². The number of carbonyl (C=O) groups is 1. The van der Waals surface area contributed by atoms with Gasteiger partial charge >= 0.3 is 0 Å². The van der Waals surface area contributed by atoms with Gasteiger partial charge in [0.25, 0.3) is 0 Å². The second-order valence-corrected chi connectivity index (χ2v) is 10.3. The van der Waals surface area contributed by atoms with E-state index in [0.717, 1.165) is 70.4 Å². The summed E-state index contributed by atoms with van der Waals surface area (Å²) in [7, 11) is 0. The van der Waals surface area contributed by atoms with E-state index in [1.54, 1.807) is 24.7 Å². The second-order valence-electron chi connectivity index (χ2n) is 10.3. The fourth-order valence-electron chi connectivity index (χ4n) is 5.63. The Balaban J connectivity index is 1.25. The van der Waals surface area contributed by atoms with E-state index in [9.17, 15) is 14.3 Å². The van der Waals surface area contributed by atoms with Crippen molar-refractivity contribution in [3.8, 4) is 39.4 Å². The van der Waals surface area contributed by atoms with E-state index in [1.165, 1.54) is 6.07 Å². The predicted molar refractivity (Wildman–Crippen MR) is 152 cm³/mol. The lowest BCUT2D eigenvalue weighted by Gasteiger charge is -2.11. The molecular formula is C31H25FN6O2. The molecule has 0 saturated heterocycles. The molecule has 0 aliphatic heterocycles. The number of amides is 1. The van der Waals surface area contributed by atoms with E-state index in [-0.39, 0.29) is 17.6 Å². The summed E-state index contributed by atoms with van der Waals surface area (Å²) in [5, 5.41) is 22.2. The van der Waals surface area contributed by atoms with Crippen molar-refractivity contribution in [3.05, 3.63) is 79.0 Å². The number of hydrogen-bond acceptors (Lipinski definition) is 5. The standard InChI is InChI=1S/C31H25FN6O2/c32-21-8-18(10-23(39)12-21)24-6-3-7-27-25(24)13-28(36-27)29-26-11-20(15-34-30(26)38-37-29)19-9-22(16-33-14-19)35-31(40)17-4-1-2-5-17/h3,6-17,36,39H,1-2,4-5H2,(H,35,40)(H,34,37,38). The van der Waals surface area contributed by atoms with Gasteiger partial charge in [-0.2, -0.15) is 5.10 Å². The van der Waals surface area contributed by atoms with Crippen LogP contribution in [0.25, 0.3) is 55.6 Å². The number of aromatic amines is 2. The minimum atomic E-state index is -0.503. The number of phenolic OH excluding ortho intramolecular Hbond substituents is 1. The number of fused-ring (bicyclic) bond motifs is 2. The van der Waals surface area contributed by atoms with Crippen molar-refractivity contribution in [2.45, 2.75) is 25.7 Å². The average molecular weight is 533 g/mol. The first kappa shape index (κ1) is 24.0. The van der Waals surface area contributed by atoms with Crippen LogP contribution in [0.2, 0.25) is 0 Å². The zero-order chi connectivity index (χ0) is 27.2. The van der Waals surface area contributed by atoms with Gasteiger partial charge in [0.2, 0.25) is 5.91 Å². The van der Waals surface area contributed by atoms with Gasteiger partial charge in [-0.25, -0.2) is 9.37 Å². The van der Waals surface area contributed by atoms with Gasteiger partial charge in [-0.1, -0.05) is 25.0 Å². The van der Waals surface area contributed by atoms with Crippen molar-refractivity contribution in [1.29, 1.82) is 0 Å². The second kappa shape index (κ2) is 9.60. The molecule has 40 heavy (non-hydrogen) atoms. The Labute approximate surface area is 228 Å². The maximum absolute atomic E-state index is 14.0. The number of aromatic hydroxyl groups is 1. The van der Waals surface area contributed by atoms with E-state index >= 15 is 0 Å². The van der Waals surface area contributed by atoms with Crippen LogP contribution in [0.5, 0.6) is 5.75 Å². The molecule has 0 bridgehead atoms. The van der Waals surface area contributed by atoms with Crippen LogP contribution in [0.3, 0.4) is 0 Å². The first-order valence-corrected chi connectivity index (χ1v) is 13.2. The Morgan fingerprint density at radius 3 is 2.65 bits per heavy atom. The van der Waals surface area contributed by atoms with E-state index in [1.807, 2.05) is 36.4 Å². The van der Waals surface area contributed by atoms with E-state index in [4.69, 9.17) is 0 Å². The van der Waals surface area contributed by atoms with Crippen LogP contribution in [0.4, 0.5) is 10.1 Å². The Hall–Kier alpha value is -5.05. The van der Waals surface area contributed by atoms with Crippen molar-refractivity contribution < 1.29 is 14.3 Å². The Morgan fingerprint density at radius 1 is 0.950 bits per heavy atom. The van der Waals surface area contributed by atoms with Crippen LogP contribution in [-0.2, 0) is 4.79 Å². The smallest absolute Gasteiger partial charge is 0.227 e. The van der Waals surface area contributed by atoms with Crippen LogP contribution in [0.15, 0.2) is 73.2 Å². The Morgan fingerprint density at radius 2 is 1.80 bits per heavy atom. The predicted octanol–water partition coefficient (Wildman–Crippen LogP) is 6.81. The third kappa shape index (κ3) is 4.35. The highest BCUT2D eigenvalue weighted by Crippen LogP contribution is 2.36. The van der Waals surface area contributed by atoms with Gasteiger partial charge in [-0.15, -0.1) is 0 Å². The topological polar surface area (TPSA) is 120 Å². The minimum absolute atomic E-state index is 0.0498. The number of anilines is 1. The summed E-state index contributed by atoms with van der Waals surface area (Å²) in [6.07, 6.45) is 9.22. The molecule has 0 spiro atoms. The highest BCUT2D eigenvalue weighted by molar-refractivity contribution is 6.01. The van der Waals surface area contributed by atoms with Gasteiger partial charge in [0.15, 0.2) is 5.65 Å². The number of carbonyl (C=O) groups excluding carboxylic acids is 1. The molecule has 1 saturated carbocycles. The molecule has 8 nitrogen and oxygen atoms in total. The number of halogens is 1. The number of rotatable bonds is 5. The summed E-state index contributed by atoms with van der Waals surface area (Å²) in [4.78, 5) is 25.0. The van der Waals surface area contributed by atoms with Gasteiger partial charge in [0, 0.05) is 51.8 Å². The van der Waals surface area contributed by atoms with Gasteiger partial charge in [-0.3, -0.25) is 14.9 Å². The molecule has 1 aliphatic rings. The molecule has 0 atom stereocenters. The summed E-state index contributed by atoms with van der Waals surface area (Å²) >= 11 is 0. The van der Waals surface area contributed by atoms with E-state index in [0.29, 0.717) is 22.6 Å². The molecule has 4 N–H and O–H groups in total. The molecule has 4 heterocycles. The van der Waals surface area contributed by atoms with Gasteiger partial charge in [0.05, 0.1) is 17.6 Å². The number of aromatic nitrogens is 5. The highest BCUT2D eigenvalue weighted by Gasteiger charge is 2.23. The highest BCUT2D eigenvalue weighted by atomic mass is 19.1. The minimum Gasteiger partial charge on any atom is -0.508 e. The third-order valence-electron chi connectivity index (χ3n) is 7.59. The van der Waals surface area contributed by atoms with Crippen molar-refractivity contribution in [3.63, 3.8) is 0 Å². The quantitative estimate of drug-likeness (QED) is 0.194. The molecule has 2 aromatic carbocycles. The third-order valence-corrected chi connectivity index (χ3v) is 7.59. The summed E-state index contributed by atoms with van der Waals surface area (Å²) in [6, 6.07) is 15.6. The molecule has 9 heteroatoms. The summed E-state index contributed by atoms with van der Waals surface area (Å²) < 4.78 is 14.0. The van der Waals surface area contributed by atoms with Crippen LogP contribution in [0, 0.1) is 11.7 Å². The molecule has 7 rings (SSSR count). The van der Waals surface area contributed by atoms with Gasteiger partial charge < -0.3 is 15.4 Å². The normalized spacial score (nSPS) is 13.8. The number of H-pyrrole nitrogens is 2. The lowest BCUT2D eigenvalue weighted by molar-refractivity contribution is -0.119. The Bertz CT molecular complexity index is 1880. The van der Waals surface area contributed by atoms with Gasteiger partial charge in [0.1, 0.15) is 17.3 Å². The molecule has 1 fully saturated rings. The number of benzene rings is 2. The molecule has 198 valence electrons. The first-order chi connectivity index (χ1) is 19.5. The SMILES string of the molecule is O=C(Nc1cncc(-c2cnc3[nH]nc(-c4cc5c(-c6cc(O)cc(F)c6)cccc5[nH]4)c3c2)c1)C1CCCC1. The van der Waals surface area contributed by atoms with E-state index in [2.05, 4.69) is 30.5 Å². The van der Waals surface area contributed by atoms with Crippen LogP contribution >= 0.6 is 0 Å². The molecule has 0 unspecified atom stereocenters. The van der Waals surface area contributed by atoms with Crippen molar-refractivity contribution in [2.75, 3.05) is 5.32 Å². The summed E-state index contributed by atoms with van der Waals surface area (Å²) in [6.45, 7) is 0. The van der Waals surface area contributed by atoms with Crippen molar-refractivity contribution in [1.82, 2.24) is 25.1 Å². The van der Waals surface area contributed by atoms with Crippen molar-refractivity contribution in [2.24, 2.45) is 5.92 Å². The summed E-state index contributed by atoms with van der Waals surface area (Å²) in [5.74, 6) is -0.514. The fraction of sp³-hybridized carbons (Fsp3) is 0.161. The lowest BCUT2D eigenvalue weighted by Crippen LogP contribution is -2.20. The molecule has 0 radical (unpaired) electrons. The average Bonchev–Trinajstić information content (AvgIpc) is 3.71. The molecule has 1 aliphatic carbocycles. The number of nitrogens with zero attached hydrogens (tertiary/aromatic N) is 3. The number of nitrogens with one attached hydrogen (secondary N) is 3. The maximum Gasteiger partial charge on any atom is 0.227 e. The zero-order valence-corrected chi connectivity index (χ0v) is 21.4. The lowest BCUT2D eigenvalue weighted by atomic mass is 10.0. The molecule has 1 amide bonds.